The first-order valence-corrected chi connectivity index (χ1v) is 18.8. The first kappa shape index (κ1) is 34.6. The number of aromatic nitrogens is 3. The van der Waals surface area contributed by atoms with E-state index >= 15 is 0 Å². The van der Waals surface area contributed by atoms with Gasteiger partial charge < -0.3 is 30.0 Å². The number of benzene rings is 1. The number of hydrogen-bond donors (Lipinski definition) is 2. The van der Waals surface area contributed by atoms with Crippen molar-refractivity contribution in [1.29, 1.82) is 0 Å². The van der Waals surface area contributed by atoms with Crippen molar-refractivity contribution in [2.75, 3.05) is 37.0 Å². The van der Waals surface area contributed by atoms with E-state index in [1.165, 1.54) is 6.26 Å². The van der Waals surface area contributed by atoms with E-state index in [0.717, 1.165) is 36.6 Å². The number of esters is 1. The highest BCUT2D eigenvalue weighted by Gasteiger charge is 2.33. The summed E-state index contributed by atoms with van der Waals surface area (Å²) in [6, 6.07) is 9.17. The van der Waals surface area contributed by atoms with Gasteiger partial charge in [0.1, 0.15) is 33.6 Å². The second kappa shape index (κ2) is 15.5. The highest BCUT2D eigenvalue weighted by molar-refractivity contribution is 7.90. The Morgan fingerprint density at radius 3 is 2.51 bits per heavy atom. The smallest absolute Gasteiger partial charge is 0.323 e. The Balaban J connectivity index is 1.10. The third kappa shape index (κ3) is 9.44. The standard InChI is InChI=1S/C34H48N6O6S/c1-23(2)22-28(35)33(42)46-26-13-17-39(18-14-26)32(41)24-8-10-25(11-9-24)37-34-36-16-12-31(38-34)40-19-15-27-29(40)6-4-7-30(27)45-20-5-21-47(3,43)44/h4,6-7,12,15-16,19,23-26,28H,5,8-11,13-14,17-18,20-22,35H2,1-3H3,(H,36,37,38). The van der Waals surface area contributed by atoms with Crippen molar-refractivity contribution < 1.29 is 27.5 Å². The summed E-state index contributed by atoms with van der Waals surface area (Å²) < 4.78 is 36.4. The first-order chi connectivity index (χ1) is 22.5. The lowest BCUT2D eigenvalue weighted by atomic mass is 9.85. The van der Waals surface area contributed by atoms with E-state index in [4.69, 9.17) is 20.2 Å². The van der Waals surface area contributed by atoms with Crippen molar-refractivity contribution in [2.45, 2.75) is 83.4 Å². The monoisotopic (exact) mass is 668 g/mol. The Hall–Kier alpha value is -3.71. The topological polar surface area (TPSA) is 159 Å². The molecule has 13 heteroatoms. The second-order valence-electron chi connectivity index (χ2n) is 13.3. The molecule has 2 aliphatic rings. The van der Waals surface area contributed by atoms with Gasteiger partial charge >= 0.3 is 5.97 Å². The number of fused-ring (bicyclic) bond motifs is 1. The molecule has 256 valence electrons. The number of sulfone groups is 1. The molecule has 1 amide bonds. The van der Waals surface area contributed by atoms with Gasteiger partial charge in [0, 0.05) is 61.9 Å². The van der Waals surface area contributed by atoms with E-state index in [-0.39, 0.29) is 35.7 Å². The van der Waals surface area contributed by atoms with E-state index in [9.17, 15) is 18.0 Å². The fourth-order valence-corrected chi connectivity index (χ4v) is 7.14. The molecule has 0 spiro atoms. The summed E-state index contributed by atoms with van der Waals surface area (Å²) in [6.45, 7) is 5.57. The largest absolute Gasteiger partial charge is 0.493 e. The number of amides is 1. The third-order valence-electron chi connectivity index (χ3n) is 8.97. The average molecular weight is 669 g/mol. The Morgan fingerprint density at radius 1 is 1.06 bits per heavy atom. The minimum absolute atomic E-state index is 0.00658. The molecule has 5 rings (SSSR count). The van der Waals surface area contributed by atoms with Crippen molar-refractivity contribution in [3.05, 3.63) is 42.7 Å². The number of rotatable bonds is 13. The Kier molecular flexibility index (Phi) is 11.4. The lowest BCUT2D eigenvalue weighted by Crippen LogP contribution is -2.46. The van der Waals surface area contributed by atoms with Crippen LogP contribution in [0.15, 0.2) is 42.7 Å². The van der Waals surface area contributed by atoms with Crippen molar-refractivity contribution in [1.82, 2.24) is 19.4 Å². The van der Waals surface area contributed by atoms with Crippen LogP contribution in [0.2, 0.25) is 0 Å². The molecular formula is C34H48N6O6S. The Morgan fingerprint density at radius 2 is 1.81 bits per heavy atom. The average Bonchev–Trinajstić information content (AvgIpc) is 3.48. The van der Waals surface area contributed by atoms with E-state index < -0.39 is 15.9 Å². The molecule has 0 bridgehead atoms. The molecule has 1 atom stereocenters. The number of hydrogen-bond acceptors (Lipinski definition) is 10. The van der Waals surface area contributed by atoms with Crippen LogP contribution in [0, 0.1) is 11.8 Å². The Bertz CT molecular complexity index is 1630. The van der Waals surface area contributed by atoms with Crippen molar-refractivity contribution >= 4 is 38.6 Å². The number of carbonyl (C=O) groups is 2. The van der Waals surface area contributed by atoms with Crippen molar-refractivity contribution in [3.63, 3.8) is 0 Å². The van der Waals surface area contributed by atoms with Gasteiger partial charge in [0.2, 0.25) is 11.9 Å². The van der Waals surface area contributed by atoms with Gasteiger partial charge in [0.15, 0.2) is 0 Å². The molecule has 47 heavy (non-hydrogen) atoms. The van der Waals surface area contributed by atoms with Crippen LogP contribution in [0.1, 0.15) is 65.2 Å². The SMILES string of the molecule is CC(C)CC(N)C(=O)OC1CCN(C(=O)C2CCC(Nc3nccc(-n4ccc5c(OCCCS(C)(=O)=O)cccc54)n3)CC2)CC1. The molecule has 1 aromatic carbocycles. The molecule has 3 aromatic rings. The minimum atomic E-state index is -3.03. The van der Waals surface area contributed by atoms with E-state index in [2.05, 4.69) is 10.3 Å². The van der Waals surface area contributed by atoms with Crippen LogP contribution < -0.4 is 15.8 Å². The van der Waals surface area contributed by atoms with Crippen LogP contribution >= 0.6 is 0 Å². The molecule has 3 N–H and O–H groups in total. The number of nitrogens with two attached hydrogens (primary N) is 1. The normalized spacial score (nSPS) is 19.9. The summed E-state index contributed by atoms with van der Waals surface area (Å²) >= 11 is 0. The maximum Gasteiger partial charge on any atom is 0.323 e. The van der Waals surface area contributed by atoms with Crippen LogP contribution in [0.3, 0.4) is 0 Å². The van der Waals surface area contributed by atoms with Gasteiger partial charge in [-0.05, 0) is 68.7 Å². The number of piperidine rings is 1. The first-order valence-electron chi connectivity index (χ1n) is 16.7. The maximum absolute atomic E-state index is 13.3. The van der Waals surface area contributed by atoms with Crippen molar-refractivity contribution in [2.24, 2.45) is 17.6 Å². The Labute approximate surface area is 277 Å². The summed E-state index contributed by atoms with van der Waals surface area (Å²) in [5.74, 6) is 2.22. The molecule has 12 nitrogen and oxygen atoms in total. The van der Waals surface area contributed by atoms with E-state index in [1.807, 2.05) is 59.8 Å². The van der Waals surface area contributed by atoms with E-state index in [0.29, 0.717) is 68.8 Å². The highest BCUT2D eigenvalue weighted by atomic mass is 32.2. The molecule has 1 saturated heterocycles. The van der Waals surface area contributed by atoms with E-state index in [1.54, 1.807) is 6.20 Å². The molecule has 2 fully saturated rings. The molecule has 0 radical (unpaired) electrons. The fraction of sp³-hybridized carbons (Fsp3) is 0.588. The number of carbonyl (C=O) groups excluding carboxylic acids is 2. The molecule has 1 unspecified atom stereocenters. The number of ether oxygens (including phenoxy) is 2. The predicted molar refractivity (Wildman–Crippen MR) is 181 cm³/mol. The number of anilines is 1. The van der Waals surface area contributed by atoms with Gasteiger partial charge in [0.05, 0.1) is 17.9 Å². The van der Waals surface area contributed by atoms with Crippen molar-refractivity contribution in [3.8, 4) is 11.6 Å². The van der Waals surface area contributed by atoms with Gasteiger partial charge in [0.25, 0.3) is 0 Å². The molecule has 1 saturated carbocycles. The summed E-state index contributed by atoms with van der Waals surface area (Å²) in [5.41, 5.74) is 6.90. The van der Waals surface area contributed by atoms with Crippen LogP contribution in [0.5, 0.6) is 5.75 Å². The molecule has 2 aromatic heterocycles. The summed E-state index contributed by atoms with van der Waals surface area (Å²) in [4.78, 5) is 36.8. The van der Waals surface area contributed by atoms with Gasteiger partial charge in [-0.1, -0.05) is 19.9 Å². The zero-order chi connectivity index (χ0) is 33.6. The minimum Gasteiger partial charge on any atom is -0.493 e. The van der Waals surface area contributed by atoms with Crippen LogP contribution in [0.25, 0.3) is 16.7 Å². The molecule has 3 heterocycles. The van der Waals surface area contributed by atoms with Gasteiger partial charge in [-0.3, -0.25) is 9.59 Å². The lowest BCUT2D eigenvalue weighted by molar-refractivity contribution is -0.154. The fourth-order valence-electron chi connectivity index (χ4n) is 6.50. The van der Waals surface area contributed by atoms with Gasteiger partial charge in [-0.25, -0.2) is 13.4 Å². The van der Waals surface area contributed by atoms with Gasteiger partial charge in [-0.15, -0.1) is 0 Å². The quantitative estimate of drug-likeness (QED) is 0.201. The van der Waals surface area contributed by atoms with Crippen LogP contribution in [-0.4, -0.2) is 89.6 Å². The number of nitrogens with one attached hydrogen (secondary N) is 1. The molecule has 1 aliphatic heterocycles. The second-order valence-corrected chi connectivity index (χ2v) is 15.6. The number of nitrogens with zero attached hydrogens (tertiary/aromatic N) is 4. The summed E-state index contributed by atoms with van der Waals surface area (Å²) in [6.07, 6.45) is 10.3. The highest BCUT2D eigenvalue weighted by Crippen LogP contribution is 2.31. The predicted octanol–water partition coefficient (Wildman–Crippen LogP) is 4.11. The number of likely N-dealkylation sites (tertiary alicyclic amines) is 1. The molecule has 1 aliphatic carbocycles. The van der Waals surface area contributed by atoms with Crippen LogP contribution in [-0.2, 0) is 24.2 Å². The zero-order valence-corrected chi connectivity index (χ0v) is 28.5. The van der Waals surface area contributed by atoms with Gasteiger partial charge in [-0.2, -0.15) is 4.98 Å². The maximum atomic E-state index is 13.3. The third-order valence-corrected chi connectivity index (χ3v) is 10.0. The molecular weight excluding hydrogens is 620 g/mol. The zero-order valence-electron chi connectivity index (χ0n) is 27.6. The summed E-state index contributed by atoms with van der Waals surface area (Å²) in [7, 11) is -3.03. The summed E-state index contributed by atoms with van der Waals surface area (Å²) in [5, 5.41) is 4.40. The van der Waals surface area contributed by atoms with Crippen LogP contribution in [0.4, 0.5) is 5.95 Å². The lowest BCUT2D eigenvalue weighted by Gasteiger charge is -2.36.